The largest absolute Gasteiger partial charge is 0.391 e. The van der Waals surface area contributed by atoms with Crippen LogP contribution in [0.5, 0.6) is 0 Å². The van der Waals surface area contributed by atoms with Gasteiger partial charge in [-0.25, -0.2) is 0 Å². The average Bonchev–Trinajstić information content (AvgIpc) is 2.17. The third kappa shape index (κ3) is 2.96. The lowest BCUT2D eigenvalue weighted by atomic mass is 10.1. The zero-order valence-corrected chi connectivity index (χ0v) is 8.78. The molecule has 0 spiro atoms. The van der Waals surface area contributed by atoms with Gasteiger partial charge in [0.05, 0.1) is 12.1 Å². The van der Waals surface area contributed by atoms with Gasteiger partial charge in [0.25, 0.3) is 0 Å². The lowest BCUT2D eigenvalue weighted by Gasteiger charge is -2.31. The normalized spacial score (nSPS) is 24.8. The standard InChI is InChI=1S/C10H20N2O2/c1-2-4-9(11)10(14)12-6-3-5-8(13)7-12/h8-9,13H,2-7,11H2,1H3/t8-,9-/m0/s1. The van der Waals surface area contributed by atoms with Crippen LogP contribution in [0.4, 0.5) is 0 Å². The van der Waals surface area contributed by atoms with Gasteiger partial charge in [0.1, 0.15) is 0 Å². The number of aliphatic hydroxyl groups is 1. The molecule has 0 aromatic heterocycles. The van der Waals surface area contributed by atoms with E-state index in [1.165, 1.54) is 0 Å². The van der Waals surface area contributed by atoms with Gasteiger partial charge in [0.15, 0.2) is 0 Å². The Balaban J connectivity index is 2.42. The van der Waals surface area contributed by atoms with Crippen LogP contribution in [0.15, 0.2) is 0 Å². The number of nitrogens with zero attached hydrogens (tertiary/aromatic N) is 1. The quantitative estimate of drug-likeness (QED) is 0.679. The molecule has 1 rings (SSSR count). The fourth-order valence-electron chi connectivity index (χ4n) is 1.82. The maximum atomic E-state index is 11.7. The van der Waals surface area contributed by atoms with Crippen LogP contribution in [-0.4, -0.2) is 41.1 Å². The van der Waals surface area contributed by atoms with Crippen molar-refractivity contribution in [3.63, 3.8) is 0 Å². The van der Waals surface area contributed by atoms with Crippen LogP contribution in [0, 0.1) is 0 Å². The highest BCUT2D eigenvalue weighted by Gasteiger charge is 2.25. The molecule has 1 aliphatic rings. The molecule has 82 valence electrons. The van der Waals surface area contributed by atoms with Crippen LogP contribution >= 0.6 is 0 Å². The number of β-amino-alcohol motifs (C(OH)–C–C–N with tert-alkyl or cyclic N) is 1. The third-order valence-corrected chi connectivity index (χ3v) is 2.63. The first kappa shape index (κ1) is 11.5. The number of piperidine rings is 1. The van der Waals surface area contributed by atoms with E-state index in [0.29, 0.717) is 6.54 Å². The van der Waals surface area contributed by atoms with Crippen molar-refractivity contribution in [1.29, 1.82) is 0 Å². The zero-order chi connectivity index (χ0) is 10.6. The van der Waals surface area contributed by atoms with Gasteiger partial charge < -0.3 is 15.7 Å². The van der Waals surface area contributed by atoms with E-state index in [2.05, 4.69) is 0 Å². The Bertz CT molecular complexity index is 197. The lowest BCUT2D eigenvalue weighted by Crippen LogP contribution is -2.49. The minimum atomic E-state index is -0.384. The molecule has 0 aromatic carbocycles. The number of carbonyl (C=O) groups is 1. The fraction of sp³-hybridized carbons (Fsp3) is 0.900. The summed E-state index contributed by atoms with van der Waals surface area (Å²) in [6.07, 6.45) is 2.97. The summed E-state index contributed by atoms with van der Waals surface area (Å²) in [6.45, 7) is 3.21. The molecule has 3 N–H and O–H groups in total. The summed E-state index contributed by atoms with van der Waals surface area (Å²) in [5.41, 5.74) is 5.73. The number of nitrogens with two attached hydrogens (primary N) is 1. The minimum Gasteiger partial charge on any atom is -0.391 e. The Morgan fingerprint density at radius 3 is 3.00 bits per heavy atom. The van der Waals surface area contributed by atoms with Gasteiger partial charge in [0, 0.05) is 13.1 Å². The molecule has 4 nitrogen and oxygen atoms in total. The highest BCUT2D eigenvalue weighted by molar-refractivity contribution is 5.81. The van der Waals surface area contributed by atoms with E-state index in [-0.39, 0.29) is 18.1 Å². The SMILES string of the molecule is CCC[C@H](N)C(=O)N1CCC[C@H](O)C1. The highest BCUT2D eigenvalue weighted by Crippen LogP contribution is 2.11. The fourth-order valence-corrected chi connectivity index (χ4v) is 1.82. The molecule has 0 saturated carbocycles. The Kier molecular flexibility index (Phi) is 4.35. The topological polar surface area (TPSA) is 66.6 Å². The number of rotatable bonds is 3. The molecule has 0 unspecified atom stereocenters. The average molecular weight is 200 g/mol. The minimum absolute atomic E-state index is 0.00870. The van der Waals surface area contributed by atoms with E-state index >= 15 is 0 Å². The second-order valence-corrected chi connectivity index (χ2v) is 3.98. The van der Waals surface area contributed by atoms with E-state index in [0.717, 1.165) is 32.2 Å². The smallest absolute Gasteiger partial charge is 0.239 e. The van der Waals surface area contributed by atoms with Crippen molar-refractivity contribution in [3.8, 4) is 0 Å². The number of aliphatic hydroxyl groups excluding tert-OH is 1. The van der Waals surface area contributed by atoms with Crippen molar-refractivity contribution in [2.45, 2.75) is 44.8 Å². The maximum absolute atomic E-state index is 11.7. The van der Waals surface area contributed by atoms with Crippen molar-refractivity contribution in [2.75, 3.05) is 13.1 Å². The summed E-state index contributed by atoms with van der Waals surface area (Å²) in [5.74, 6) is -0.00870. The van der Waals surface area contributed by atoms with Gasteiger partial charge in [-0.15, -0.1) is 0 Å². The Morgan fingerprint density at radius 1 is 1.71 bits per heavy atom. The van der Waals surface area contributed by atoms with Crippen LogP contribution in [0.3, 0.4) is 0 Å². The van der Waals surface area contributed by atoms with Crippen LogP contribution in [0.2, 0.25) is 0 Å². The molecule has 1 heterocycles. The van der Waals surface area contributed by atoms with Crippen LogP contribution in [0.25, 0.3) is 0 Å². The molecule has 0 aromatic rings. The first-order valence-electron chi connectivity index (χ1n) is 5.37. The van der Waals surface area contributed by atoms with E-state index in [1.54, 1.807) is 4.90 Å². The molecule has 14 heavy (non-hydrogen) atoms. The van der Waals surface area contributed by atoms with Crippen molar-refractivity contribution < 1.29 is 9.90 Å². The summed E-state index contributed by atoms with van der Waals surface area (Å²) < 4.78 is 0. The van der Waals surface area contributed by atoms with Gasteiger partial charge >= 0.3 is 0 Å². The molecule has 0 aliphatic carbocycles. The monoisotopic (exact) mass is 200 g/mol. The van der Waals surface area contributed by atoms with Gasteiger partial charge in [-0.2, -0.15) is 0 Å². The number of hydrogen-bond donors (Lipinski definition) is 2. The molecular weight excluding hydrogens is 180 g/mol. The predicted octanol–water partition coefficient (Wildman–Crippen LogP) is 0.0971. The van der Waals surface area contributed by atoms with Crippen molar-refractivity contribution >= 4 is 5.91 Å². The number of carbonyl (C=O) groups excluding carboxylic acids is 1. The number of amides is 1. The molecular formula is C10H20N2O2. The molecule has 1 amide bonds. The second kappa shape index (κ2) is 5.32. The Labute approximate surface area is 85.1 Å². The molecule has 1 aliphatic heterocycles. The maximum Gasteiger partial charge on any atom is 0.239 e. The predicted molar refractivity (Wildman–Crippen MR) is 54.7 cm³/mol. The lowest BCUT2D eigenvalue weighted by molar-refractivity contribution is -0.135. The van der Waals surface area contributed by atoms with E-state index in [9.17, 15) is 9.90 Å². The van der Waals surface area contributed by atoms with E-state index in [1.807, 2.05) is 6.92 Å². The van der Waals surface area contributed by atoms with Gasteiger partial charge in [-0.3, -0.25) is 4.79 Å². The van der Waals surface area contributed by atoms with Crippen LogP contribution in [0.1, 0.15) is 32.6 Å². The third-order valence-electron chi connectivity index (χ3n) is 2.63. The Morgan fingerprint density at radius 2 is 2.43 bits per heavy atom. The summed E-state index contributed by atoms with van der Waals surface area (Å²) in [7, 11) is 0. The molecule has 0 radical (unpaired) electrons. The van der Waals surface area contributed by atoms with Crippen molar-refractivity contribution in [2.24, 2.45) is 5.73 Å². The number of hydrogen-bond acceptors (Lipinski definition) is 3. The summed E-state index contributed by atoms with van der Waals surface area (Å²) in [5, 5.41) is 9.41. The van der Waals surface area contributed by atoms with Crippen molar-refractivity contribution in [1.82, 2.24) is 4.90 Å². The molecule has 1 saturated heterocycles. The first-order valence-corrected chi connectivity index (χ1v) is 5.37. The molecule has 4 heteroatoms. The molecule has 2 atom stereocenters. The van der Waals surface area contributed by atoms with Gasteiger partial charge in [0.2, 0.25) is 5.91 Å². The Hall–Kier alpha value is -0.610. The zero-order valence-electron chi connectivity index (χ0n) is 8.78. The molecule has 0 bridgehead atoms. The summed E-state index contributed by atoms with van der Waals surface area (Å²) in [6, 6.07) is -0.384. The van der Waals surface area contributed by atoms with Gasteiger partial charge in [-0.05, 0) is 19.3 Å². The van der Waals surface area contributed by atoms with Crippen molar-refractivity contribution in [3.05, 3.63) is 0 Å². The van der Waals surface area contributed by atoms with Crippen LogP contribution < -0.4 is 5.73 Å². The summed E-state index contributed by atoms with van der Waals surface area (Å²) >= 11 is 0. The first-order chi connectivity index (χ1) is 6.65. The van der Waals surface area contributed by atoms with E-state index < -0.39 is 0 Å². The van der Waals surface area contributed by atoms with E-state index in [4.69, 9.17) is 5.73 Å². The highest BCUT2D eigenvalue weighted by atomic mass is 16.3. The van der Waals surface area contributed by atoms with Gasteiger partial charge in [-0.1, -0.05) is 13.3 Å². The molecule has 1 fully saturated rings. The van der Waals surface area contributed by atoms with Crippen LogP contribution in [-0.2, 0) is 4.79 Å². The summed E-state index contributed by atoms with van der Waals surface area (Å²) in [4.78, 5) is 13.4. The number of likely N-dealkylation sites (tertiary alicyclic amines) is 1. The second-order valence-electron chi connectivity index (χ2n) is 3.98.